The summed E-state index contributed by atoms with van der Waals surface area (Å²) < 4.78 is 0.793. The topological polar surface area (TPSA) is 39.8 Å². The second kappa shape index (κ2) is 4.90. The summed E-state index contributed by atoms with van der Waals surface area (Å²) in [4.78, 5) is 4.19. The van der Waals surface area contributed by atoms with E-state index in [1.807, 2.05) is 66.7 Å². The standard InChI is InChI=1S/C16H12N2O/c19-18-12-17-15(13-7-3-1-4-8-13)11-16(18)14-9-5-2-6-10-14/h1-12H. The Morgan fingerprint density at radius 2 is 1.37 bits per heavy atom. The number of aromatic nitrogens is 2. The van der Waals surface area contributed by atoms with Gasteiger partial charge in [-0.15, -0.1) is 0 Å². The van der Waals surface area contributed by atoms with Crippen LogP contribution in [0.15, 0.2) is 73.1 Å². The maximum absolute atomic E-state index is 11.9. The molecular formula is C16H12N2O. The molecule has 0 bridgehead atoms. The van der Waals surface area contributed by atoms with Gasteiger partial charge in [0.2, 0.25) is 0 Å². The fraction of sp³-hybridized carbons (Fsp3) is 0. The van der Waals surface area contributed by atoms with Crippen LogP contribution in [-0.2, 0) is 0 Å². The summed E-state index contributed by atoms with van der Waals surface area (Å²) in [6, 6.07) is 21.2. The number of rotatable bonds is 2. The molecular weight excluding hydrogens is 236 g/mol. The van der Waals surface area contributed by atoms with Crippen molar-refractivity contribution in [2.75, 3.05) is 0 Å². The molecule has 3 heteroatoms. The Morgan fingerprint density at radius 1 is 0.789 bits per heavy atom. The SMILES string of the molecule is [O-][n+]1cnc(-c2ccccc2)cc1-c1ccccc1. The third-order valence-corrected chi connectivity index (χ3v) is 2.95. The molecule has 0 aliphatic heterocycles. The summed E-state index contributed by atoms with van der Waals surface area (Å²) in [5, 5.41) is 11.9. The maximum Gasteiger partial charge on any atom is 0.290 e. The Hall–Kier alpha value is -2.68. The largest absolute Gasteiger partial charge is 0.710 e. The maximum atomic E-state index is 11.9. The molecule has 92 valence electrons. The third kappa shape index (κ3) is 2.31. The Kier molecular flexibility index (Phi) is 2.94. The van der Waals surface area contributed by atoms with Crippen LogP contribution in [0, 0.1) is 5.21 Å². The molecule has 1 heterocycles. The summed E-state index contributed by atoms with van der Waals surface area (Å²) in [5.41, 5.74) is 3.29. The van der Waals surface area contributed by atoms with Gasteiger partial charge < -0.3 is 5.21 Å². The smallest absolute Gasteiger partial charge is 0.290 e. The van der Waals surface area contributed by atoms with Crippen molar-refractivity contribution in [3.05, 3.63) is 78.3 Å². The zero-order valence-corrected chi connectivity index (χ0v) is 10.2. The van der Waals surface area contributed by atoms with Gasteiger partial charge >= 0.3 is 0 Å². The summed E-state index contributed by atoms with van der Waals surface area (Å²) in [6.45, 7) is 0. The molecule has 3 rings (SSSR count). The van der Waals surface area contributed by atoms with Crippen LogP contribution in [0.2, 0.25) is 0 Å². The second-order valence-corrected chi connectivity index (χ2v) is 4.22. The lowest BCUT2D eigenvalue weighted by Crippen LogP contribution is -2.29. The molecule has 0 aliphatic carbocycles. The van der Waals surface area contributed by atoms with Crippen LogP contribution in [0.1, 0.15) is 0 Å². The minimum atomic E-state index is 0.606. The van der Waals surface area contributed by atoms with E-state index < -0.39 is 0 Å². The van der Waals surface area contributed by atoms with Gasteiger partial charge in [-0.2, -0.15) is 0 Å². The number of nitrogens with zero attached hydrogens (tertiary/aromatic N) is 2. The van der Waals surface area contributed by atoms with E-state index in [2.05, 4.69) is 4.98 Å². The Morgan fingerprint density at radius 3 is 2.00 bits per heavy atom. The van der Waals surface area contributed by atoms with Crippen molar-refractivity contribution in [1.29, 1.82) is 0 Å². The first-order valence-corrected chi connectivity index (χ1v) is 6.04. The van der Waals surface area contributed by atoms with E-state index in [9.17, 15) is 5.21 Å². The molecule has 3 aromatic rings. The molecule has 0 amide bonds. The van der Waals surface area contributed by atoms with Gasteiger partial charge in [0.05, 0.1) is 0 Å². The zero-order chi connectivity index (χ0) is 13.1. The van der Waals surface area contributed by atoms with E-state index in [4.69, 9.17) is 0 Å². The molecule has 2 aromatic carbocycles. The monoisotopic (exact) mass is 248 g/mol. The first-order valence-electron chi connectivity index (χ1n) is 6.04. The van der Waals surface area contributed by atoms with Crippen molar-refractivity contribution >= 4 is 0 Å². The van der Waals surface area contributed by atoms with Crippen LogP contribution in [0.4, 0.5) is 0 Å². The van der Waals surface area contributed by atoms with Crippen molar-refractivity contribution in [3.8, 4) is 22.5 Å². The van der Waals surface area contributed by atoms with Crippen LogP contribution in [0.3, 0.4) is 0 Å². The molecule has 19 heavy (non-hydrogen) atoms. The molecule has 0 atom stereocenters. The van der Waals surface area contributed by atoms with Crippen LogP contribution in [-0.4, -0.2) is 4.98 Å². The number of benzene rings is 2. The molecule has 0 saturated carbocycles. The van der Waals surface area contributed by atoms with Gasteiger partial charge in [0.15, 0.2) is 5.69 Å². The molecule has 3 nitrogen and oxygen atoms in total. The van der Waals surface area contributed by atoms with Gasteiger partial charge in [-0.25, -0.2) is 4.73 Å². The van der Waals surface area contributed by atoms with Crippen molar-refractivity contribution in [2.45, 2.75) is 0 Å². The average Bonchev–Trinajstić information content (AvgIpc) is 2.49. The highest BCUT2D eigenvalue weighted by atomic mass is 16.5. The summed E-state index contributed by atoms with van der Waals surface area (Å²) in [7, 11) is 0. The first kappa shape index (κ1) is 11.4. The average molecular weight is 248 g/mol. The lowest BCUT2D eigenvalue weighted by molar-refractivity contribution is -0.597. The molecule has 0 radical (unpaired) electrons. The van der Waals surface area contributed by atoms with Crippen molar-refractivity contribution in [1.82, 2.24) is 4.98 Å². The molecule has 0 spiro atoms. The first-order chi connectivity index (χ1) is 9.34. The Bertz CT molecular complexity index is 682. The Labute approximate surface area is 111 Å². The highest BCUT2D eigenvalue weighted by Gasteiger charge is 2.10. The summed E-state index contributed by atoms with van der Waals surface area (Å²) >= 11 is 0. The minimum absolute atomic E-state index is 0.606. The van der Waals surface area contributed by atoms with Gasteiger partial charge in [0.25, 0.3) is 6.33 Å². The van der Waals surface area contributed by atoms with Crippen LogP contribution in [0.25, 0.3) is 22.5 Å². The highest BCUT2D eigenvalue weighted by Crippen LogP contribution is 2.21. The third-order valence-electron chi connectivity index (χ3n) is 2.95. The lowest BCUT2D eigenvalue weighted by Gasteiger charge is -2.08. The van der Waals surface area contributed by atoms with Gasteiger partial charge in [-0.3, -0.25) is 0 Å². The zero-order valence-electron chi connectivity index (χ0n) is 10.2. The van der Waals surface area contributed by atoms with Gasteiger partial charge in [0.1, 0.15) is 5.69 Å². The predicted molar refractivity (Wildman–Crippen MR) is 74.1 cm³/mol. The van der Waals surface area contributed by atoms with E-state index in [1.54, 1.807) is 0 Å². The predicted octanol–water partition coefficient (Wildman–Crippen LogP) is 3.05. The normalized spacial score (nSPS) is 10.3. The molecule has 0 N–H and O–H groups in total. The van der Waals surface area contributed by atoms with E-state index in [0.717, 1.165) is 21.6 Å². The van der Waals surface area contributed by atoms with Gasteiger partial charge in [0, 0.05) is 17.2 Å². The van der Waals surface area contributed by atoms with Crippen LogP contribution < -0.4 is 4.73 Å². The second-order valence-electron chi connectivity index (χ2n) is 4.22. The van der Waals surface area contributed by atoms with Crippen molar-refractivity contribution in [2.24, 2.45) is 0 Å². The molecule has 0 saturated heterocycles. The van der Waals surface area contributed by atoms with Crippen molar-refractivity contribution in [3.63, 3.8) is 0 Å². The van der Waals surface area contributed by atoms with Crippen LogP contribution >= 0.6 is 0 Å². The quantitative estimate of drug-likeness (QED) is 0.516. The fourth-order valence-electron chi connectivity index (χ4n) is 1.99. The molecule has 1 aromatic heterocycles. The van der Waals surface area contributed by atoms with Gasteiger partial charge in [-0.1, -0.05) is 60.7 Å². The summed E-state index contributed by atoms with van der Waals surface area (Å²) in [6.07, 6.45) is 1.31. The van der Waals surface area contributed by atoms with E-state index in [-0.39, 0.29) is 0 Å². The lowest BCUT2D eigenvalue weighted by atomic mass is 10.1. The fourth-order valence-corrected chi connectivity index (χ4v) is 1.99. The summed E-state index contributed by atoms with van der Waals surface area (Å²) in [5.74, 6) is 0. The highest BCUT2D eigenvalue weighted by molar-refractivity contribution is 5.65. The number of hydrogen-bond donors (Lipinski definition) is 0. The van der Waals surface area contributed by atoms with E-state index in [1.165, 1.54) is 6.33 Å². The van der Waals surface area contributed by atoms with Crippen molar-refractivity contribution < 1.29 is 4.73 Å². The van der Waals surface area contributed by atoms with E-state index in [0.29, 0.717) is 5.69 Å². The molecule has 0 aliphatic rings. The van der Waals surface area contributed by atoms with E-state index >= 15 is 0 Å². The van der Waals surface area contributed by atoms with Gasteiger partial charge in [-0.05, 0) is 4.98 Å². The Balaban J connectivity index is 2.12. The van der Waals surface area contributed by atoms with Crippen LogP contribution in [0.5, 0.6) is 0 Å². The minimum Gasteiger partial charge on any atom is -0.710 e. The number of hydrogen-bond acceptors (Lipinski definition) is 2. The molecule has 0 unspecified atom stereocenters. The molecule has 0 fully saturated rings.